The topological polar surface area (TPSA) is 106 Å². The summed E-state index contributed by atoms with van der Waals surface area (Å²) in [7, 11) is 0.676. The molecule has 0 bridgehead atoms. The second-order valence-electron chi connectivity index (χ2n) is 5.24. The number of nitrogens with zero attached hydrogens (tertiary/aromatic N) is 4. The molecule has 8 nitrogen and oxygen atoms in total. The zero-order valence-electron chi connectivity index (χ0n) is 14.4. The fraction of sp³-hybridized carbons (Fsp3) is 0.176. The number of carbonyl (C=O) groups excluding carboxylic acids is 1. The van der Waals surface area contributed by atoms with Gasteiger partial charge in [-0.3, -0.25) is 4.98 Å². The number of rotatable bonds is 3. The van der Waals surface area contributed by atoms with Crippen molar-refractivity contribution in [2.24, 2.45) is 0 Å². The van der Waals surface area contributed by atoms with Gasteiger partial charge in [0.25, 0.3) is 0 Å². The van der Waals surface area contributed by atoms with E-state index >= 15 is 0 Å². The van der Waals surface area contributed by atoms with Crippen LogP contribution in [0.5, 0.6) is 0 Å². The van der Waals surface area contributed by atoms with Crippen molar-refractivity contribution in [2.45, 2.75) is 12.7 Å². The fourth-order valence-corrected chi connectivity index (χ4v) is 2.02. The van der Waals surface area contributed by atoms with Crippen molar-refractivity contribution in [3.8, 4) is 11.3 Å². The number of fused-ring (bicyclic) bond motifs is 1. The van der Waals surface area contributed by atoms with Crippen molar-refractivity contribution in [1.82, 2.24) is 15.0 Å². The Labute approximate surface area is 156 Å². The number of carboxylic acid groups (broad SMARTS) is 1. The Hall–Kier alpha value is -3.63. The molecule has 11 heteroatoms. The van der Waals surface area contributed by atoms with E-state index in [0.29, 0.717) is 12.8 Å². The highest BCUT2D eigenvalue weighted by Gasteiger charge is 2.40. The molecule has 0 atom stereocenters. The number of hydrogen-bond acceptors (Lipinski definition) is 6. The Bertz CT molecular complexity index is 978. The number of ether oxygens (including phenoxy) is 1. The van der Waals surface area contributed by atoms with Gasteiger partial charge >= 0.3 is 18.1 Å². The number of methoxy groups -OCH3 is 1. The first-order valence-electron chi connectivity index (χ1n) is 7.65. The van der Waals surface area contributed by atoms with Crippen LogP contribution >= 0.6 is 0 Å². The molecule has 3 rings (SSSR count). The third-order valence-electron chi connectivity index (χ3n) is 3.25. The van der Waals surface area contributed by atoms with Crippen LogP contribution in [0.15, 0.2) is 49.1 Å². The number of carboxylic acids is 1. The molecule has 28 heavy (non-hydrogen) atoms. The minimum atomic E-state index is -4.85. The maximum atomic E-state index is 11.0. The maximum absolute atomic E-state index is 11.0. The molecule has 0 amide bonds. The van der Waals surface area contributed by atoms with Crippen LogP contribution in [-0.4, -0.2) is 45.3 Å². The lowest BCUT2D eigenvalue weighted by Gasteiger charge is -2.01. The van der Waals surface area contributed by atoms with Gasteiger partial charge in [-0.15, -0.1) is 0 Å². The zero-order valence-corrected chi connectivity index (χ0v) is 14.4. The van der Waals surface area contributed by atoms with E-state index in [2.05, 4.69) is 19.7 Å². The molecule has 0 fully saturated rings. The first kappa shape index (κ1) is 20.7. The van der Waals surface area contributed by atoms with Gasteiger partial charge < -0.3 is 9.84 Å². The lowest BCUT2D eigenvalue weighted by atomic mass is 10.2. The Balaban J connectivity index is 0.000000300. The molecule has 0 unspecified atom stereocenters. The number of hydrogen-bond donors (Lipinski definition) is 1. The van der Waals surface area contributed by atoms with Gasteiger partial charge in [-0.2, -0.15) is 17.7 Å². The number of alkyl halides is 3. The molecule has 0 aliphatic heterocycles. The largest absolute Gasteiger partial charge is 0.490 e. The molecule has 0 radical (unpaired) electrons. The van der Waals surface area contributed by atoms with Crippen LogP contribution in [0.25, 0.3) is 22.4 Å². The zero-order chi connectivity index (χ0) is 20.7. The van der Waals surface area contributed by atoms with Gasteiger partial charge in [0.1, 0.15) is 5.52 Å². The molecule has 0 saturated carbocycles. The molecule has 0 saturated heterocycles. The summed E-state index contributed by atoms with van der Waals surface area (Å²) in [5.41, 5.74) is 3.01. The maximum Gasteiger partial charge on any atom is 0.490 e. The van der Waals surface area contributed by atoms with Gasteiger partial charge in [-0.05, 0) is 12.1 Å². The predicted molar refractivity (Wildman–Crippen MR) is 88.7 cm³/mol. The molecule has 3 aromatic heterocycles. The summed E-state index contributed by atoms with van der Waals surface area (Å²) in [5.74, 6) is -3.04. The number of aliphatic carboxylic acids is 1. The summed E-state index contributed by atoms with van der Waals surface area (Å²) >= 11 is 0. The van der Waals surface area contributed by atoms with Crippen molar-refractivity contribution in [3.05, 3.63) is 49.1 Å². The molecule has 0 aliphatic carbocycles. The molecule has 1 N–H and O–H groups in total. The van der Waals surface area contributed by atoms with Crippen molar-refractivity contribution in [3.63, 3.8) is 0 Å². The molecule has 146 valence electrons. The number of halogens is 3. The average Bonchev–Trinajstić information content (AvgIpc) is 2.67. The number of aromatic nitrogens is 4. The monoisotopic (exact) mass is 395 g/mol. The first-order chi connectivity index (χ1) is 13.2. The fourth-order valence-electron chi connectivity index (χ4n) is 2.02. The summed E-state index contributed by atoms with van der Waals surface area (Å²) in [5, 5.41) is 8.72. The molecule has 3 aromatic rings. The molecule has 0 aliphatic rings. The van der Waals surface area contributed by atoms with Crippen LogP contribution in [0, 0.1) is 0 Å². The van der Waals surface area contributed by atoms with Gasteiger partial charge in [0.2, 0.25) is 6.54 Å². The van der Waals surface area contributed by atoms with E-state index in [0.717, 1.165) is 16.8 Å². The third-order valence-corrected chi connectivity index (χ3v) is 3.25. The molecular formula is C17H14F3N4O4+. The normalized spacial score (nSPS) is 10.7. The van der Waals surface area contributed by atoms with Crippen molar-refractivity contribution >= 4 is 23.1 Å². The van der Waals surface area contributed by atoms with Gasteiger partial charge in [0.05, 0.1) is 12.8 Å². The van der Waals surface area contributed by atoms with Crippen LogP contribution in [0.3, 0.4) is 0 Å². The SMILES string of the molecule is COC(=O)C(F)(F)F.O=C(O)C[n+]1ccc(-c2ccc3nccnc3n2)cc1. The highest BCUT2D eigenvalue weighted by Crippen LogP contribution is 2.17. The lowest BCUT2D eigenvalue weighted by molar-refractivity contribution is -0.685. The van der Waals surface area contributed by atoms with Gasteiger partial charge in [-0.25, -0.2) is 19.6 Å². The predicted octanol–water partition coefficient (Wildman–Crippen LogP) is 1.79. The van der Waals surface area contributed by atoms with E-state index in [-0.39, 0.29) is 6.54 Å². The smallest absolute Gasteiger partial charge is 0.477 e. The highest BCUT2D eigenvalue weighted by molar-refractivity contribution is 5.75. The average molecular weight is 395 g/mol. The van der Waals surface area contributed by atoms with Crippen molar-refractivity contribution in [2.75, 3.05) is 7.11 Å². The highest BCUT2D eigenvalue weighted by atomic mass is 19.4. The second-order valence-corrected chi connectivity index (χ2v) is 5.24. The van der Waals surface area contributed by atoms with Crippen molar-refractivity contribution in [1.29, 1.82) is 0 Å². The van der Waals surface area contributed by atoms with E-state index < -0.39 is 18.1 Å². The molecule has 0 aromatic carbocycles. The van der Waals surface area contributed by atoms with Gasteiger partial charge in [0.15, 0.2) is 18.0 Å². The van der Waals surface area contributed by atoms with Crippen LogP contribution in [-0.2, 0) is 20.9 Å². The van der Waals surface area contributed by atoms with Crippen LogP contribution in [0.2, 0.25) is 0 Å². The van der Waals surface area contributed by atoms with E-state index in [1.807, 2.05) is 24.3 Å². The quantitative estimate of drug-likeness (QED) is 0.532. The summed E-state index contributed by atoms with van der Waals surface area (Å²) in [6.07, 6.45) is 1.80. The second kappa shape index (κ2) is 8.84. The standard InChI is InChI=1S/C14H10N4O2.C3H3F3O2/c19-13(20)9-18-7-3-10(4-8-18)11-1-2-12-14(17-11)16-6-5-15-12;1-8-2(7)3(4,5)6/h1-8H,9H2;1H3/p+1. The summed E-state index contributed by atoms with van der Waals surface area (Å²) in [6, 6.07) is 7.39. The van der Waals surface area contributed by atoms with E-state index in [4.69, 9.17) is 5.11 Å². The van der Waals surface area contributed by atoms with Crippen molar-refractivity contribution < 1.29 is 37.2 Å². The first-order valence-corrected chi connectivity index (χ1v) is 7.65. The Morgan fingerprint density at radius 2 is 1.75 bits per heavy atom. The number of carbonyl (C=O) groups is 2. The number of esters is 1. The summed E-state index contributed by atoms with van der Waals surface area (Å²) in [4.78, 5) is 32.9. The summed E-state index contributed by atoms with van der Waals surface area (Å²) < 4.78 is 37.9. The lowest BCUT2D eigenvalue weighted by Crippen LogP contribution is -2.36. The van der Waals surface area contributed by atoms with E-state index in [9.17, 15) is 22.8 Å². The minimum absolute atomic E-state index is 0.0586. The van der Waals surface area contributed by atoms with E-state index in [1.54, 1.807) is 29.4 Å². The Morgan fingerprint density at radius 1 is 1.11 bits per heavy atom. The van der Waals surface area contributed by atoms with E-state index in [1.165, 1.54) is 0 Å². The summed E-state index contributed by atoms with van der Waals surface area (Å²) in [6.45, 7) is -0.0586. The molecular weight excluding hydrogens is 381 g/mol. The third kappa shape index (κ3) is 5.69. The van der Waals surface area contributed by atoms with Crippen LogP contribution in [0.4, 0.5) is 13.2 Å². The van der Waals surface area contributed by atoms with Crippen LogP contribution < -0.4 is 4.57 Å². The van der Waals surface area contributed by atoms with Gasteiger partial charge in [0, 0.05) is 30.1 Å². The molecule has 3 heterocycles. The Morgan fingerprint density at radius 3 is 2.29 bits per heavy atom. The molecule has 0 spiro atoms. The van der Waals surface area contributed by atoms with Gasteiger partial charge in [-0.1, -0.05) is 0 Å². The Kier molecular flexibility index (Phi) is 6.53. The minimum Gasteiger partial charge on any atom is -0.477 e. The van der Waals surface area contributed by atoms with Crippen LogP contribution in [0.1, 0.15) is 0 Å². The number of pyridine rings is 2.